The van der Waals surface area contributed by atoms with Crippen LogP contribution in [0, 0.1) is 0 Å². The first-order chi connectivity index (χ1) is 11.8. The number of benzene rings is 2. The molecule has 24 heavy (non-hydrogen) atoms. The molecular formula is C19H18N2OS2. The Hall–Kier alpha value is -2.11. The molecule has 0 bridgehead atoms. The van der Waals surface area contributed by atoms with Crippen molar-refractivity contribution in [3.8, 4) is 0 Å². The van der Waals surface area contributed by atoms with Gasteiger partial charge in [0.2, 0.25) is 0 Å². The van der Waals surface area contributed by atoms with Gasteiger partial charge < -0.3 is 0 Å². The number of nitrogens with zero attached hydrogens (tertiary/aromatic N) is 1. The number of anilines is 1. The van der Waals surface area contributed by atoms with Crippen molar-refractivity contribution in [3.63, 3.8) is 0 Å². The molecule has 0 unspecified atom stereocenters. The highest BCUT2D eigenvalue weighted by Crippen LogP contribution is 2.25. The van der Waals surface area contributed by atoms with Crippen molar-refractivity contribution in [1.82, 2.24) is 4.98 Å². The van der Waals surface area contributed by atoms with Gasteiger partial charge in [0.15, 0.2) is 5.13 Å². The molecule has 1 N–H and O–H groups in total. The second-order valence-electron chi connectivity index (χ2n) is 5.18. The van der Waals surface area contributed by atoms with Crippen LogP contribution in [0.3, 0.4) is 0 Å². The quantitative estimate of drug-likeness (QED) is 0.626. The van der Waals surface area contributed by atoms with Crippen LogP contribution in [0.25, 0.3) is 0 Å². The largest absolute Gasteiger partial charge is 0.298 e. The zero-order chi connectivity index (χ0) is 16.8. The molecule has 0 radical (unpaired) electrons. The molecule has 122 valence electrons. The van der Waals surface area contributed by atoms with Crippen molar-refractivity contribution in [3.05, 3.63) is 76.8 Å². The van der Waals surface area contributed by atoms with Crippen molar-refractivity contribution >= 4 is 34.1 Å². The Bertz CT molecular complexity index is 815. The molecule has 0 saturated carbocycles. The zero-order valence-electron chi connectivity index (χ0n) is 13.4. The fraction of sp³-hybridized carbons (Fsp3) is 0.158. The number of carbonyl (C=O) groups is 1. The molecule has 1 heterocycles. The summed E-state index contributed by atoms with van der Waals surface area (Å²) in [5, 5.41) is 3.56. The normalized spacial score (nSPS) is 10.5. The minimum Gasteiger partial charge on any atom is -0.298 e. The number of amides is 1. The van der Waals surface area contributed by atoms with E-state index in [1.807, 2.05) is 48.7 Å². The number of thiazole rings is 1. The van der Waals surface area contributed by atoms with E-state index in [4.69, 9.17) is 0 Å². The smallest absolute Gasteiger partial charge is 0.258 e. The van der Waals surface area contributed by atoms with Gasteiger partial charge in [-0.2, -0.15) is 0 Å². The molecule has 0 fully saturated rings. The highest BCUT2D eigenvalue weighted by Gasteiger charge is 2.13. The average molecular weight is 354 g/mol. The Labute approximate surface area is 150 Å². The summed E-state index contributed by atoms with van der Waals surface area (Å²) in [6, 6.07) is 17.9. The van der Waals surface area contributed by atoms with Gasteiger partial charge in [-0.25, -0.2) is 4.98 Å². The number of hydrogen-bond acceptors (Lipinski definition) is 4. The number of nitrogens with one attached hydrogen (secondary N) is 1. The minimum atomic E-state index is -0.104. The molecule has 0 atom stereocenters. The van der Waals surface area contributed by atoms with Crippen LogP contribution in [0.1, 0.15) is 27.7 Å². The molecule has 1 aromatic heterocycles. The molecule has 5 heteroatoms. The Kier molecular flexibility index (Phi) is 5.67. The summed E-state index contributed by atoms with van der Waals surface area (Å²) >= 11 is 3.19. The van der Waals surface area contributed by atoms with Gasteiger partial charge in [-0.05, 0) is 23.4 Å². The Morgan fingerprint density at radius 3 is 2.67 bits per heavy atom. The number of thioether (sulfide) groups is 1. The lowest BCUT2D eigenvalue weighted by atomic mass is 10.1. The fourth-order valence-corrected chi connectivity index (χ4v) is 3.99. The Morgan fingerprint density at radius 1 is 1.12 bits per heavy atom. The van der Waals surface area contributed by atoms with Crippen LogP contribution in [-0.4, -0.2) is 16.6 Å². The van der Waals surface area contributed by atoms with Crippen LogP contribution in [0.5, 0.6) is 0 Å². The number of rotatable bonds is 6. The van der Waals surface area contributed by atoms with Crippen LogP contribution < -0.4 is 5.32 Å². The van der Waals surface area contributed by atoms with Crippen molar-refractivity contribution in [2.75, 3.05) is 11.1 Å². The van der Waals surface area contributed by atoms with E-state index in [1.54, 1.807) is 11.8 Å². The Morgan fingerprint density at radius 2 is 1.88 bits per heavy atom. The lowest BCUT2D eigenvalue weighted by Crippen LogP contribution is -2.12. The molecule has 1 amide bonds. The first kappa shape index (κ1) is 16.7. The number of aromatic nitrogens is 1. The van der Waals surface area contributed by atoms with Gasteiger partial charge in [0.05, 0.1) is 5.56 Å². The molecule has 2 aromatic carbocycles. The fourth-order valence-electron chi connectivity index (χ4n) is 2.34. The third kappa shape index (κ3) is 4.24. The summed E-state index contributed by atoms with van der Waals surface area (Å²) in [6.45, 7) is 2.08. The van der Waals surface area contributed by atoms with Crippen molar-refractivity contribution < 1.29 is 4.79 Å². The predicted octanol–water partition coefficient (Wildman–Crippen LogP) is 5.10. The molecule has 0 saturated heterocycles. The van der Waals surface area contributed by atoms with E-state index in [1.165, 1.54) is 16.9 Å². The molecule has 3 rings (SSSR count). The van der Waals surface area contributed by atoms with Crippen molar-refractivity contribution in [2.24, 2.45) is 0 Å². The zero-order valence-corrected chi connectivity index (χ0v) is 15.0. The third-order valence-electron chi connectivity index (χ3n) is 3.43. The molecule has 0 spiro atoms. The standard InChI is InChI=1S/C19H18N2OS2/c1-2-23-17-11-7-6-10-16(17)18(22)21-19-20-13-15(24-19)12-14-8-4-3-5-9-14/h3-11,13H,2,12H2,1H3,(H,20,21,22). The van der Waals surface area contributed by atoms with E-state index < -0.39 is 0 Å². The van der Waals surface area contributed by atoms with Gasteiger partial charge in [-0.3, -0.25) is 10.1 Å². The summed E-state index contributed by atoms with van der Waals surface area (Å²) < 4.78 is 0. The second-order valence-corrected chi connectivity index (χ2v) is 7.60. The average Bonchev–Trinajstić information content (AvgIpc) is 3.03. The van der Waals surface area contributed by atoms with Gasteiger partial charge in [-0.15, -0.1) is 23.1 Å². The first-order valence-electron chi connectivity index (χ1n) is 7.78. The van der Waals surface area contributed by atoms with Gasteiger partial charge in [0, 0.05) is 22.4 Å². The maximum absolute atomic E-state index is 12.5. The summed E-state index contributed by atoms with van der Waals surface area (Å²) in [7, 11) is 0. The summed E-state index contributed by atoms with van der Waals surface area (Å²) in [5.41, 5.74) is 1.94. The van der Waals surface area contributed by atoms with Crippen LogP contribution >= 0.6 is 23.1 Å². The summed E-state index contributed by atoms with van der Waals surface area (Å²) in [6.07, 6.45) is 2.66. The van der Waals surface area contributed by atoms with E-state index >= 15 is 0 Å². The topological polar surface area (TPSA) is 42.0 Å². The molecule has 0 aliphatic carbocycles. The maximum Gasteiger partial charge on any atom is 0.258 e. The predicted molar refractivity (Wildman–Crippen MR) is 102 cm³/mol. The highest BCUT2D eigenvalue weighted by atomic mass is 32.2. The molecule has 3 nitrogen and oxygen atoms in total. The van der Waals surface area contributed by atoms with E-state index in [-0.39, 0.29) is 5.91 Å². The monoisotopic (exact) mass is 354 g/mol. The van der Waals surface area contributed by atoms with E-state index in [9.17, 15) is 4.79 Å². The minimum absolute atomic E-state index is 0.104. The SMILES string of the molecule is CCSc1ccccc1C(=O)Nc1ncc(Cc2ccccc2)s1. The lowest BCUT2D eigenvalue weighted by Gasteiger charge is -2.07. The number of hydrogen-bond donors (Lipinski definition) is 1. The Balaban J connectivity index is 1.69. The van der Waals surface area contributed by atoms with E-state index in [2.05, 4.69) is 29.4 Å². The van der Waals surface area contributed by atoms with Crippen molar-refractivity contribution in [2.45, 2.75) is 18.2 Å². The molecular weight excluding hydrogens is 336 g/mol. The van der Waals surface area contributed by atoms with Crippen LogP contribution in [0.4, 0.5) is 5.13 Å². The van der Waals surface area contributed by atoms with Crippen LogP contribution in [-0.2, 0) is 6.42 Å². The van der Waals surface area contributed by atoms with Gasteiger partial charge in [0.1, 0.15) is 0 Å². The summed E-state index contributed by atoms with van der Waals surface area (Å²) in [5.74, 6) is 0.829. The molecule has 0 aliphatic rings. The molecule has 0 aliphatic heterocycles. The van der Waals surface area contributed by atoms with Gasteiger partial charge in [0.25, 0.3) is 5.91 Å². The number of carbonyl (C=O) groups excluding carboxylic acids is 1. The summed E-state index contributed by atoms with van der Waals surface area (Å²) in [4.78, 5) is 19.0. The maximum atomic E-state index is 12.5. The van der Waals surface area contributed by atoms with Gasteiger partial charge in [-0.1, -0.05) is 49.4 Å². The van der Waals surface area contributed by atoms with Gasteiger partial charge >= 0.3 is 0 Å². The van der Waals surface area contributed by atoms with Crippen LogP contribution in [0.15, 0.2) is 65.7 Å². The third-order valence-corrected chi connectivity index (χ3v) is 5.30. The highest BCUT2D eigenvalue weighted by molar-refractivity contribution is 7.99. The van der Waals surface area contributed by atoms with E-state index in [0.29, 0.717) is 10.7 Å². The lowest BCUT2D eigenvalue weighted by molar-refractivity contribution is 0.102. The first-order valence-corrected chi connectivity index (χ1v) is 9.58. The van der Waals surface area contributed by atoms with Crippen LogP contribution in [0.2, 0.25) is 0 Å². The second kappa shape index (κ2) is 8.13. The van der Waals surface area contributed by atoms with E-state index in [0.717, 1.165) is 21.9 Å². The molecule has 3 aromatic rings. The van der Waals surface area contributed by atoms with Crippen molar-refractivity contribution in [1.29, 1.82) is 0 Å².